The van der Waals surface area contributed by atoms with Gasteiger partial charge in [-0.3, -0.25) is 11.7 Å². The Bertz CT molecular complexity index is 71.1. The van der Waals surface area contributed by atoms with Crippen molar-refractivity contribution in [2.45, 2.75) is 14.4 Å². The van der Waals surface area contributed by atoms with Crippen molar-refractivity contribution in [1.82, 2.24) is 0 Å². The first-order valence-electron chi connectivity index (χ1n) is 1.86. The Labute approximate surface area is 61.4 Å². The maximum atomic E-state index is 6.50. The van der Waals surface area contributed by atoms with Crippen molar-refractivity contribution in [3.8, 4) is 6.57 Å². The first-order chi connectivity index (χ1) is 4.27. The van der Waals surface area contributed by atoms with Crippen molar-refractivity contribution >= 4 is 5.84 Å². The molecule has 0 aromatic heterocycles. The molecule has 6 heteroatoms. The fourth-order valence-corrected chi connectivity index (χ4v) is 0. The lowest BCUT2D eigenvalue weighted by Gasteiger charge is -1.75. The summed E-state index contributed by atoms with van der Waals surface area (Å²) >= 11 is 0. The summed E-state index contributed by atoms with van der Waals surface area (Å²) in [6.45, 7) is 5.12. The third-order valence-corrected chi connectivity index (χ3v) is 0.204. The van der Waals surface area contributed by atoms with Crippen molar-refractivity contribution in [2.24, 2.45) is 28.4 Å². The second-order valence-electron chi connectivity index (χ2n) is 0.770. The van der Waals surface area contributed by atoms with Gasteiger partial charge < -0.3 is 11.6 Å². The van der Waals surface area contributed by atoms with Crippen LogP contribution < -0.4 is 23.3 Å². The van der Waals surface area contributed by atoms with Crippen LogP contribution in [0.15, 0.2) is 5.10 Å². The molecule has 0 aliphatic heterocycles. The first kappa shape index (κ1) is 23.4. The Morgan fingerprint density at radius 1 is 1.40 bits per heavy atom. The SMILES string of the molecule is C.C#N.C/C(N)=N/N.NN. The third kappa shape index (κ3) is 466. The second kappa shape index (κ2) is 47.7. The molecule has 0 heterocycles. The van der Waals surface area contributed by atoms with Crippen LogP contribution in [0.25, 0.3) is 0 Å². The lowest BCUT2D eigenvalue weighted by molar-refractivity contribution is 1.22. The molecule has 62 valence electrons. The van der Waals surface area contributed by atoms with E-state index >= 15 is 0 Å². The molecule has 0 aliphatic rings. The molecule has 0 amide bonds. The van der Waals surface area contributed by atoms with E-state index in [2.05, 4.69) is 29.2 Å². The van der Waals surface area contributed by atoms with Crippen LogP contribution in [0.5, 0.6) is 0 Å². The van der Waals surface area contributed by atoms with E-state index in [1.165, 1.54) is 0 Å². The molecule has 0 aromatic rings. The van der Waals surface area contributed by atoms with Crippen molar-refractivity contribution in [1.29, 1.82) is 5.26 Å². The largest absolute Gasteiger partial charge is 0.386 e. The van der Waals surface area contributed by atoms with Gasteiger partial charge in [-0.2, -0.15) is 5.10 Å². The summed E-state index contributed by atoms with van der Waals surface area (Å²) in [7, 11) is 0. The highest BCUT2D eigenvalue weighted by Gasteiger charge is 1.62. The molecule has 0 aliphatic carbocycles. The van der Waals surface area contributed by atoms with Gasteiger partial charge in [0.1, 0.15) is 5.84 Å². The first-order valence-corrected chi connectivity index (χ1v) is 1.86. The molecule has 8 N–H and O–H groups in total. The standard InChI is InChI=1S/C2H7N3.CHN.CH4.H4N2/c1-2(3)5-4;1-2;;1-2/h4H2,1H3,(H2,3,5);1H;1H4;1-2H2. The van der Waals surface area contributed by atoms with Gasteiger partial charge in [-0.15, -0.1) is 0 Å². The summed E-state index contributed by atoms with van der Waals surface area (Å²) in [5, 5.41) is 9.58. The zero-order chi connectivity index (χ0) is 8.28. The summed E-state index contributed by atoms with van der Waals surface area (Å²) in [5.74, 6) is 13.0. The van der Waals surface area contributed by atoms with E-state index in [9.17, 15) is 0 Å². The zero-order valence-corrected chi connectivity index (χ0v) is 5.28. The van der Waals surface area contributed by atoms with Crippen molar-refractivity contribution in [2.75, 3.05) is 0 Å². The molecule has 0 unspecified atom stereocenters. The Morgan fingerprint density at radius 3 is 1.50 bits per heavy atom. The Balaban J connectivity index is -0.0000000315. The average molecular weight is 148 g/mol. The third-order valence-electron chi connectivity index (χ3n) is 0.204. The molecule has 0 spiro atoms. The van der Waals surface area contributed by atoms with Crippen LogP contribution in [-0.4, -0.2) is 5.84 Å². The minimum atomic E-state index is 0. The van der Waals surface area contributed by atoms with E-state index in [0.29, 0.717) is 5.84 Å². The fraction of sp³-hybridized carbons (Fsp3) is 0.500. The van der Waals surface area contributed by atoms with Crippen molar-refractivity contribution < 1.29 is 0 Å². The van der Waals surface area contributed by atoms with Gasteiger partial charge in [0.25, 0.3) is 0 Å². The average Bonchev–Trinajstić information content (AvgIpc) is 1.97. The molecular weight excluding hydrogens is 132 g/mol. The highest BCUT2D eigenvalue weighted by molar-refractivity contribution is 5.76. The second-order valence-corrected chi connectivity index (χ2v) is 0.770. The van der Waals surface area contributed by atoms with Gasteiger partial charge >= 0.3 is 0 Å². The number of rotatable bonds is 0. The van der Waals surface area contributed by atoms with Crippen LogP contribution in [0.4, 0.5) is 0 Å². The summed E-state index contributed by atoms with van der Waals surface area (Å²) in [4.78, 5) is 0. The predicted octanol–water partition coefficient (Wildman–Crippen LogP) is -1.17. The molecule has 0 atom stereocenters. The molecule has 10 heavy (non-hydrogen) atoms. The smallest absolute Gasteiger partial charge is 0.116 e. The van der Waals surface area contributed by atoms with E-state index in [0.717, 1.165) is 0 Å². The minimum Gasteiger partial charge on any atom is -0.386 e. The van der Waals surface area contributed by atoms with E-state index in [4.69, 9.17) is 11.0 Å². The predicted molar refractivity (Wildman–Crippen MR) is 43.3 cm³/mol. The molecule has 6 nitrogen and oxygen atoms in total. The van der Waals surface area contributed by atoms with Gasteiger partial charge in [0.2, 0.25) is 0 Å². The maximum absolute atomic E-state index is 6.50. The number of nitrogens with two attached hydrogens (primary N) is 4. The maximum Gasteiger partial charge on any atom is 0.116 e. The van der Waals surface area contributed by atoms with Gasteiger partial charge in [0, 0.05) is 6.57 Å². The monoisotopic (exact) mass is 148 g/mol. The summed E-state index contributed by atoms with van der Waals surface area (Å²) < 4.78 is 0. The molecule has 0 saturated carbocycles. The quantitative estimate of drug-likeness (QED) is 0.148. The molecular formula is C4H16N6. The van der Waals surface area contributed by atoms with Crippen molar-refractivity contribution in [3.05, 3.63) is 0 Å². The lowest BCUT2D eigenvalue weighted by atomic mass is 10.7. The van der Waals surface area contributed by atoms with E-state index in [1.54, 1.807) is 6.92 Å². The number of hydrazone groups is 1. The Morgan fingerprint density at radius 2 is 1.50 bits per heavy atom. The Kier molecular flexibility index (Phi) is 112. The van der Waals surface area contributed by atoms with Crippen LogP contribution in [0.2, 0.25) is 0 Å². The number of amidine groups is 1. The minimum absolute atomic E-state index is 0. The van der Waals surface area contributed by atoms with Crippen LogP contribution in [-0.2, 0) is 0 Å². The number of hydrogen-bond donors (Lipinski definition) is 4. The van der Waals surface area contributed by atoms with Gasteiger partial charge in [-0.1, -0.05) is 7.43 Å². The van der Waals surface area contributed by atoms with Crippen LogP contribution in [0.1, 0.15) is 14.4 Å². The number of nitrogens with zero attached hydrogens (tertiary/aromatic N) is 2. The zero-order valence-electron chi connectivity index (χ0n) is 5.28. The van der Waals surface area contributed by atoms with Gasteiger partial charge in [-0.05, 0) is 6.92 Å². The lowest BCUT2D eigenvalue weighted by Crippen LogP contribution is -2.07. The number of nitriles is 1. The summed E-state index contributed by atoms with van der Waals surface area (Å²) in [6, 6.07) is 0. The molecule has 0 radical (unpaired) electrons. The molecule has 0 saturated heterocycles. The topological polar surface area (TPSA) is 140 Å². The summed E-state index contributed by atoms with van der Waals surface area (Å²) in [6.07, 6.45) is 0. The van der Waals surface area contributed by atoms with Gasteiger partial charge in [0.15, 0.2) is 0 Å². The van der Waals surface area contributed by atoms with E-state index < -0.39 is 0 Å². The fourth-order valence-electron chi connectivity index (χ4n) is 0. The van der Waals surface area contributed by atoms with Crippen molar-refractivity contribution in [3.63, 3.8) is 0 Å². The molecule has 0 aromatic carbocycles. The van der Waals surface area contributed by atoms with E-state index in [-0.39, 0.29) is 7.43 Å². The number of hydrazine groups is 1. The van der Waals surface area contributed by atoms with Crippen LogP contribution >= 0.6 is 0 Å². The van der Waals surface area contributed by atoms with Crippen LogP contribution in [0, 0.1) is 11.8 Å². The molecule has 0 bridgehead atoms. The van der Waals surface area contributed by atoms with Gasteiger partial charge in [0.05, 0.1) is 0 Å². The van der Waals surface area contributed by atoms with Gasteiger partial charge in [-0.25, -0.2) is 5.26 Å². The highest BCUT2D eigenvalue weighted by atomic mass is 15.1. The number of hydrogen-bond acceptors (Lipinski definition) is 5. The Hall–Kier alpha value is -1.32. The van der Waals surface area contributed by atoms with E-state index in [1.807, 2.05) is 0 Å². The summed E-state index contributed by atoms with van der Waals surface area (Å²) in [5.41, 5.74) is 4.92. The normalized spacial score (nSPS) is 6.70. The van der Waals surface area contributed by atoms with Crippen LogP contribution in [0.3, 0.4) is 0 Å². The molecule has 0 fully saturated rings. The highest BCUT2D eigenvalue weighted by Crippen LogP contribution is 1.46. The molecule has 0 rings (SSSR count).